The van der Waals surface area contributed by atoms with Gasteiger partial charge in [0.05, 0.1) is 6.26 Å². The first-order valence-electron chi connectivity index (χ1n) is 11.0. The summed E-state index contributed by atoms with van der Waals surface area (Å²) in [5.41, 5.74) is 1.78. The van der Waals surface area contributed by atoms with Crippen LogP contribution >= 0.6 is 0 Å². The number of piperidine rings is 1. The van der Waals surface area contributed by atoms with E-state index < -0.39 is 10.0 Å². The topological polar surface area (TPSA) is 97.2 Å². The first-order chi connectivity index (χ1) is 14.4. The van der Waals surface area contributed by atoms with Crippen molar-refractivity contribution in [2.45, 2.75) is 69.4 Å². The van der Waals surface area contributed by atoms with Crippen LogP contribution in [0.3, 0.4) is 0 Å². The minimum absolute atomic E-state index is 0.123. The van der Waals surface area contributed by atoms with Crippen LogP contribution in [0, 0.1) is 0 Å². The molecule has 5 rings (SSSR count). The van der Waals surface area contributed by atoms with Crippen molar-refractivity contribution in [3.63, 3.8) is 0 Å². The van der Waals surface area contributed by atoms with E-state index in [1.807, 2.05) is 16.8 Å². The highest BCUT2D eigenvalue weighted by Crippen LogP contribution is 2.40. The van der Waals surface area contributed by atoms with E-state index in [2.05, 4.69) is 10.3 Å². The molecular formula is C21H29N5O3S. The number of nitrogens with zero attached hydrogens (tertiary/aromatic N) is 4. The number of nitrogens with one attached hydrogen (secondary N) is 1. The smallest absolute Gasteiger partial charge is 0.255 e. The second-order valence-corrected chi connectivity index (χ2v) is 11.0. The Bertz CT molecular complexity index is 1110. The van der Waals surface area contributed by atoms with Crippen molar-refractivity contribution in [3.8, 4) is 0 Å². The molecule has 8 nitrogen and oxygen atoms in total. The zero-order chi connectivity index (χ0) is 20.9. The van der Waals surface area contributed by atoms with Crippen molar-refractivity contribution in [3.05, 3.63) is 28.2 Å². The molecule has 2 aliphatic carbocycles. The van der Waals surface area contributed by atoms with Crippen LogP contribution in [0.2, 0.25) is 0 Å². The third kappa shape index (κ3) is 3.85. The fraction of sp³-hybridized carbons (Fsp3) is 0.667. The molecule has 0 radical (unpaired) electrons. The van der Waals surface area contributed by atoms with Crippen molar-refractivity contribution in [1.82, 2.24) is 18.8 Å². The number of sulfonamides is 1. The summed E-state index contributed by atoms with van der Waals surface area (Å²) >= 11 is 0. The van der Waals surface area contributed by atoms with E-state index in [1.54, 1.807) is 0 Å². The van der Waals surface area contributed by atoms with Crippen molar-refractivity contribution < 1.29 is 8.42 Å². The first kappa shape index (κ1) is 19.9. The molecule has 0 atom stereocenters. The molecule has 30 heavy (non-hydrogen) atoms. The average molecular weight is 432 g/mol. The maximum Gasteiger partial charge on any atom is 0.255 e. The van der Waals surface area contributed by atoms with E-state index in [0.717, 1.165) is 55.1 Å². The van der Waals surface area contributed by atoms with Gasteiger partial charge in [-0.2, -0.15) is 4.98 Å². The number of hydrogen-bond acceptors (Lipinski definition) is 6. The lowest BCUT2D eigenvalue weighted by Crippen LogP contribution is -2.42. The molecule has 0 bridgehead atoms. The Kier molecular flexibility index (Phi) is 5.05. The minimum Gasteiger partial charge on any atom is -0.351 e. The Hall–Kier alpha value is -2.00. The van der Waals surface area contributed by atoms with Gasteiger partial charge in [-0.25, -0.2) is 17.7 Å². The maximum absolute atomic E-state index is 13.3. The summed E-state index contributed by atoms with van der Waals surface area (Å²) in [4.78, 5) is 22.6. The fourth-order valence-corrected chi connectivity index (χ4v) is 5.79. The average Bonchev–Trinajstić information content (AvgIpc) is 3.42. The highest BCUT2D eigenvalue weighted by Gasteiger charge is 2.31. The second-order valence-electron chi connectivity index (χ2n) is 9.04. The van der Waals surface area contributed by atoms with Gasteiger partial charge in [0, 0.05) is 42.3 Å². The van der Waals surface area contributed by atoms with Gasteiger partial charge in [-0.1, -0.05) is 12.8 Å². The van der Waals surface area contributed by atoms with Crippen molar-refractivity contribution in [2.75, 3.05) is 24.7 Å². The Morgan fingerprint density at radius 1 is 1.07 bits per heavy atom. The molecule has 1 saturated heterocycles. The van der Waals surface area contributed by atoms with E-state index in [4.69, 9.17) is 4.98 Å². The summed E-state index contributed by atoms with van der Waals surface area (Å²) in [6.07, 6.45) is 11.1. The van der Waals surface area contributed by atoms with Crippen LogP contribution in [-0.4, -0.2) is 52.6 Å². The largest absolute Gasteiger partial charge is 0.351 e. The third-order valence-corrected chi connectivity index (χ3v) is 8.07. The number of rotatable bonds is 5. The zero-order valence-corrected chi connectivity index (χ0v) is 18.2. The number of fused-ring (bicyclic) bond motifs is 1. The highest BCUT2D eigenvalue weighted by atomic mass is 32.2. The predicted octanol–water partition coefficient (Wildman–Crippen LogP) is 2.62. The van der Waals surface area contributed by atoms with E-state index in [-0.39, 0.29) is 17.6 Å². The van der Waals surface area contributed by atoms with Crippen molar-refractivity contribution in [2.24, 2.45) is 0 Å². The highest BCUT2D eigenvalue weighted by molar-refractivity contribution is 7.88. The van der Waals surface area contributed by atoms with Gasteiger partial charge in [-0.15, -0.1) is 0 Å². The first-order valence-corrected chi connectivity index (χ1v) is 12.9. The molecule has 0 unspecified atom stereocenters. The molecule has 2 saturated carbocycles. The molecule has 0 aromatic carbocycles. The van der Waals surface area contributed by atoms with Gasteiger partial charge in [-0.3, -0.25) is 9.36 Å². The van der Waals surface area contributed by atoms with Crippen LogP contribution in [0.15, 0.2) is 17.1 Å². The number of aromatic nitrogens is 3. The van der Waals surface area contributed by atoms with E-state index >= 15 is 0 Å². The van der Waals surface area contributed by atoms with Crippen molar-refractivity contribution >= 4 is 27.0 Å². The molecule has 0 amide bonds. The van der Waals surface area contributed by atoms with Gasteiger partial charge in [0.15, 0.2) is 0 Å². The van der Waals surface area contributed by atoms with Crippen LogP contribution in [0.4, 0.5) is 5.95 Å². The Morgan fingerprint density at radius 3 is 2.40 bits per heavy atom. The molecule has 3 fully saturated rings. The molecule has 2 aromatic rings. The lowest BCUT2D eigenvalue weighted by molar-refractivity contribution is 0.331. The lowest BCUT2D eigenvalue weighted by atomic mass is 10.1. The SMILES string of the molecule is CS(=O)(=O)N1CCC(Nc2ncc3cc(C4CC4)c(=O)n(C4CCCC4)c3n2)CC1. The summed E-state index contributed by atoms with van der Waals surface area (Å²) in [6.45, 7) is 1.00. The molecule has 9 heteroatoms. The molecule has 1 aliphatic heterocycles. The molecule has 0 spiro atoms. The molecule has 3 aliphatic rings. The summed E-state index contributed by atoms with van der Waals surface area (Å²) in [7, 11) is -3.14. The normalized spacial score (nSPS) is 22.0. The quantitative estimate of drug-likeness (QED) is 0.782. The molecule has 1 N–H and O–H groups in total. The summed E-state index contributed by atoms with van der Waals surface area (Å²) in [5, 5.41) is 4.30. The predicted molar refractivity (Wildman–Crippen MR) is 116 cm³/mol. The fourth-order valence-electron chi connectivity index (χ4n) is 4.91. The van der Waals surface area contributed by atoms with Gasteiger partial charge >= 0.3 is 0 Å². The van der Waals surface area contributed by atoms with Crippen LogP contribution in [-0.2, 0) is 10.0 Å². The second kappa shape index (κ2) is 7.60. The number of hydrogen-bond donors (Lipinski definition) is 1. The van der Waals surface area contributed by atoms with Crippen molar-refractivity contribution in [1.29, 1.82) is 0 Å². The Morgan fingerprint density at radius 2 is 1.77 bits per heavy atom. The number of anilines is 1. The van der Waals surface area contributed by atoms with Crippen LogP contribution < -0.4 is 10.9 Å². The Balaban J connectivity index is 1.44. The number of pyridine rings is 1. The van der Waals surface area contributed by atoms with Crippen LogP contribution in [0.1, 0.15) is 68.9 Å². The zero-order valence-electron chi connectivity index (χ0n) is 17.4. The minimum atomic E-state index is -3.14. The molecule has 162 valence electrons. The molecule has 2 aromatic heterocycles. The Labute approximate surface area is 176 Å². The lowest BCUT2D eigenvalue weighted by Gasteiger charge is -2.30. The molecule has 3 heterocycles. The summed E-state index contributed by atoms with van der Waals surface area (Å²) < 4.78 is 26.9. The van der Waals surface area contributed by atoms with E-state index in [9.17, 15) is 13.2 Å². The summed E-state index contributed by atoms with van der Waals surface area (Å²) in [6, 6.07) is 2.34. The van der Waals surface area contributed by atoms with Crippen LogP contribution in [0.25, 0.3) is 11.0 Å². The standard InChI is InChI=1S/C21H29N5O3S/c1-30(28,29)25-10-8-16(9-11-25)23-21-22-13-15-12-18(14-6-7-14)20(27)26(19(15)24-21)17-4-2-3-5-17/h12-14,16-17H,2-11H2,1H3,(H,22,23,24). The van der Waals surface area contributed by atoms with E-state index in [0.29, 0.717) is 37.8 Å². The van der Waals surface area contributed by atoms with Gasteiger partial charge in [0.1, 0.15) is 5.65 Å². The van der Waals surface area contributed by atoms with E-state index in [1.165, 1.54) is 10.6 Å². The summed E-state index contributed by atoms with van der Waals surface area (Å²) in [5.74, 6) is 0.915. The van der Waals surface area contributed by atoms with Gasteiger partial charge < -0.3 is 5.32 Å². The molecular weight excluding hydrogens is 402 g/mol. The van der Waals surface area contributed by atoms with Gasteiger partial charge in [-0.05, 0) is 50.5 Å². The van der Waals surface area contributed by atoms with Gasteiger partial charge in [0.25, 0.3) is 5.56 Å². The third-order valence-electron chi connectivity index (χ3n) is 6.76. The monoisotopic (exact) mass is 431 g/mol. The van der Waals surface area contributed by atoms with Crippen LogP contribution in [0.5, 0.6) is 0 Å². The van der Waals surface area contributed by atoms with Gasteiger partial charge in [0.2, 0.25) is 16.0 Å². The maximum atomic E-state index is 13.3.